The first kappa shape index (κ1) is 13.3. The lowest BCUT2D eigenvalue weighted by Crippen LogP contribution is -2.32. The summed E-state index contributed by atoms with van der Waals surface area (Å²) < 4.78 is 1.53. The summed E-state index contributed by atoms with van der Waals surface area (Å²) >= 11 is 0. The van der Waals surface area contributed by atoms with Crippen molar-refractivity contribution in [3.05, 3.63) is 29.6 Å². The number of aromatic amines is 1. The molecule has 0 saturated carbocycles. The zero-order valence-corrected chi connectivity index (χ0v) is 11.3. The first-order chi connectivity index (χ1) is 9.09. The maximum absolute atomic E-state index is 11.9. The molecular weight excluding hydrogens is 244 g/mol. The Balaban J connectivity index is 1.84. The SMILES string of the molecule is Cc1n[nH]c(C)c1CCNC(=O)[C@@H](C)n1cncn1. The number of nitrogens with zero attached hydrogens (tertiary/aromatic N) is 4. The molecule has 102 valence electrons. The van der Waals surface area contributed by atoms with Crippen molar-refractivity contribution >= 4 is 5.91 Å². The monoisotopic (exact) mass is 262 g/mol. The number of carbonyl (C=O) groups is 1. The Hall–Kier alpha value is -2.18. The zero-order chi connectivity index (χ0) is 13.8. The standard InChI is InChI=1S/C12H18N6O/c1-8-11(9(2)17-16-8)4-5-14-12(19)10(3)18-7-13-6-15-18/h6-7,10H,4-5H2,1-3H3,(H,14,19)(H,16,17)/t10-/m1/s1. The van der Waals surface area contributed by atoms with Crippen LogP contribution in [0.5, 0.6) is 0 Å². The molecule has 2 rings (SSSR count). The molecule has 7 heteroatoms. The Labute approximate surface area is 111 Å². The normalized spacial score (nSPS) is 12.4. The number of rotatable bonds is 5. The molecule has 0 bridgehead atoms. The van der Waals surface area contributed by atoms with Gasteiger partial charge in [-0.3, -0.25) is 9.89 Å². The lowest BCUT2D eigenvalue weighted by atomic mass is 10.1. The third kappa shape index (κ3) is 2.98. The van der Waals surface area contributed by atoms with Crippen molar-refractivity contribution in [2.24, 2.45) is 0 Å². The van der Waals surface area contributed by atoms with Gasteiger partial charge in [-0.15, -0.1) is 0 Å². The van der Waals surface area contributed by atoms with Gasteiger partial charge in [-0.25, -0.2) is 9.67 Å². The molecule has 2 aromatic rings. The molecule has 0 saturated heterocycles. The molecule has 2 N–H and O–H groups in total. The van der Waals surface area contributed by atoms with Crippen molar-refractivity contribution in [1.82, 2.24) is 30.3 Å². The van der Waals surface area contributed by atoms with Crippen molar-refractivity contribution in [1.29, 1.82) is 0 Å². The molecule has 1 atom stereocenters. The van der Waals surface area contributed by atoms with E-state index in [9.17, 15) is 4.79 Å². The number of amides is 1. The van der Waals surface area contributed by atoms with E-state index in [0.717, 1.165) is 23.4 Å². The van der Waals surface area contributed by atoms with Gasteiger partial charge in [0.05, 0.1) is 5.69 Å². The van der Waals surface area contributed by atoms with E-state index in [1.165, 1.54) is 17.3 Å². The van der Waals surface area contributed by atoms with Crippen LogP contribution in [-0.4, -0.2) is 37.4 Å². The van der Waals surface area contributed by atoms with Crippen LogP contribution in [0.2, 0.25) is 0 Å². The third-order valence-electron chi connectivity index (χ3n) is 3.17. The molecule has 2 aromatic heterocycles. The minimum Gasteiger partial charge on any atom is -0.354 e. The van der Waals surface area contributed by atoms with E-state index in [1.807, 2.05) is 13.8 Å². The summed E-state index contributed by atoms with van der Waals surface area (Å²) in [6.07, 6.45) is 3.72. The predicted octanol–water partition coefficient (Wildman–Crippen LogP) is 0.538. The number of aromatic nitrogens is 5. The van der Waals surface area contributed by atoms with Gasteiger partial charge in [0, 0.05) is 12.2 Å². The summed E-state index contributed by atoms with van der Waals surface area (Å²) in [6.45, 7) is 6.31. The molecule has 2 heterocycles. The topological polar surface area (TPSA) is 88.5 Å². The van der Waals surface area contributed by atoms with Gasteiger partial charge in [0.1, 0.15) is 18.7 Å². The molecule has 1 amide bonds. The van der Waals surface area contributed by atoms with Crippen LogP contribution < -0.4 is 5.32 Å². The Morgan fingerprint density at radius 1 is 1.53 bits per heavy atom. The molecule has 19 heavy (non-hydrogen) atoms. The van der Waals surface area contributed by atoms with Gasteiger partial charge >= 0.3 is 0 Å². The van der Waals surface area contributed by atoms with Gasteiger partial charge in [-0.05, 0) is 32.8 Å². The van der Waals surface area contributed by atoms with Crippen LogP contribution in [0, 0.1) is 13.8 Å². The van der Waals surface area contributed by atoms with E-state index < -0.39 is 0 Å². The number of aryl methyl sites for hydroxylation is 2. The molecule has 0 fully saturated rings. The van der Waals surface area contributed by atoms with Crippen molar-refractivity contribution in [3.8, 4) is 0 Å². The smallest absolute Gasteiger partial charge is 0.244 e. The van der Waals surface area contributed by atoms with E-state index in [4.69, 9.17) is 0 Å². The highest BCUT2D eigenvalue weighted by molar-refractivity contribution is 5.79. The molecule has 0 aliphatic rings. The summed E-state index contributed by atoms with van der Waals surface area (Å²) in [5.41, 5.74) is 3.20. The summed E-state index contributed by atoms with van der Waals surface area (Å²) in [4.78, 5) is 15.7. The average molecular weight is 262 g/mol. The number of hydrogen-bond donors (Lipinski definition) is 2. The van der Waals surface area contributed by atoms with Crippen LogP contribution in [0.1, 0.15) is 29.9 Å². The maximum atomic E-state index is 11.9. The van der Waals surface area contributed by atoms with Gasteiger partial charge in [-0.1, -0.05) is 0 Å². The van der Waals surface area contributed by atoms with Crippen LogP contribution in [-0.2, 0) is 11.2 Å². The molecule has 0 radical (unpaired) electrons. The number of carbonyl (C=O) groups excluding carboxylic acids is 1. The Morgan fingerprint density at radius 2 is 2.32 bits per heavy atom. The van der Waals surface area contributed by atoms with Crippen molar-refractivity contribution < 1.29 is 4.79 Å². The molecular formula is C12H18N6O. The van der Waals surface area contributed by atoms with E-state index in [-0.39, 0.29) is 11.9 Å². The van der Waals surface area contributed by atoms with Gasteiger partial charge in [-0.2, -0.15) is 10.2 Å². The lowest BCUT2D eigenvalue weighted by Gasteiger charge is -2.12. The van der Waals surface area contributed by atoms with Crippen LogP contribution in [0.25, 0.3) is 0 Å². The fourth-order valence-corrected chi connectivity index (χ4v) is 1.94. The second-order valence-corrected chi connectivity index (χ2v) is 4.51. The summed E-state index contributed by atoms with van der Waals surface area (Å²) in [7, 11) is 0. The maximum Gasteiger partial charge on any atom is 0.244 e. The minimum absolute atomic E-state index is 0.0655. The third-order valence-corrected chi connectivity index (χ3v) is 3.17. The predicted molar refractivity (Wildman–Crippen MR) is 69.5 cm³/mol. The van der Waals surface area contributed by atoms with E-state index in [0.29, 0.717) is 6.54 Å². The Morgan fingerprint density at radius 3 is 2.89 bits per heavy atom. The van der Waals surface area contributed by atoms with Gasteiger partial charge in [0.15, 0.2) is 0 Å². The second kappa shape index (κ2) is 5.64. The van der Waals surface area contributed by atoms with Crippen LogP contribution in [0.3, 0.4) is 0 Å². The highest BCUT2D eigenvalue weighted by atomic mass is 16.2. The van der Waals surface area contributed by atoms with Crippen molar-refractivity contribution in [2.45, 2.75) is 33.2 Å². The molecule has 0 spiro atoms. The van der Waals surface area contributed by atoms with E-state index in [1.54, 1.807) is 6.92 Å². The Bertz CT molecular complexity index is 525. The quantitative estimate of drug-likeness (QED) is 0.823. The van der Waals surface area contributed by atoms with Crippen LogP contribution in [0.15, 0.2) is 12.7 Å². The molecule has 0 unspecified atom stereocenters. The summed E-state index contributed by atoms with van der Waals surface area (Å²) in [6, 6.07) is -0.353. The molecule has 0 aromatic carbocycles. The molecule has 0 aliphatic carbocycles. The largest absolute Gasteiger partial charge is 0.354 e. The zero-order valence-electron chi connectivity index (χ0n) is 11.3. The first-order valence-corrected chi connectivity index (χ1v) is 6.22. The lowest BCUT2D eigenvalue weighted by molar-refractivity contribution is -0.124. The molecule has 0 aliphatic heterocycles. The fraction of sp³-hybridized carbons (Fsp3) is 0.500. The molecule has 7 nitrogen and oxygen atoms in total. The Kier molecular flexibility index (Phi) is 3.94. The van der Waals surface area contributed by atoms with Crippen LogP contribution >= 0.6 is 0 Å². The van der Waals surface area contributed by atoms with Crippen molar-refractivity contribution in [2.75, 3.05) is 6.54 Å². The summed E-state index contributed by atoms with van der Waals surface area (Å²) in [5.74, 6) is -0.0655. The highest BCUT2D eigenvalue weighted by Gasteiger charge is 2.15. The number of H-pyrrole nitrogens is 1. The van der Waals surface area contributed by atoms with Gasteiger partial charge < -0.3 is 5.32 Å². The van der Waals surface area contributed by atoms with E-state index in [2.05, 4.69) is 25.6 Å². The van der Waals surface area contributed by atoms with Crippen LogP contribution in [0.4, 0.5) is 0 Å². The van der Waals surface area contributed by atoms with Gasteiger partial charge in [0.25, 0.3) is 0 Å². The number of hydrogen-bond acceptors (Lipinski definition) is 4. The fourth-order valence-electron chi connectivity index (χ4n) is 1.94. The van der Waals surface area contributed by atoms with E-state index >= 15 is 0 Å². The minimum atomic E-state index is -0.353. The second-order valence-electron chi connectivity index (χ2n) is 4.51. The first-order valence-electron chi connectivity index (χ1n) is 6.22. The van der Waals surface area contributed by atoms with Crippen molar-refractivity contribution in [3.63, 3.8) is 0 Å². The average Bonchev–Trinajstić information content (AvgIpc) is 3.02. The number of nitrogens with one attached hydrogen (secondary N) is 2. The summed E-state index contributed by atoms with van der Waals surface area (Å²) in [5, 5.41) is 13.9. The van der Waals surface area contributed by atoms with Gasteiger partial charge in [0.2, 0.25) is 5.91 Å². The highest BCUT2D eigenvalue weighted by Crippen LogP contribution is 2.09.